The van der Waals surface area contributed by atoms with E-state index in [1.165, 1.54) is 25.0 Å². The number of halogens is 1. The fourth-order valence-electron chi connectivity index (χ4n) is 3.11. The topological polar surface area (TPSA) is 29.3 Å². The Bertz CT molecular complexity index is 514. The highest BCUT2D eigenvalue weighted by Gasteiger charge is 2.28. The predicted octanol–water partition coefficient (Wildman–Crippen LogP) is 3.72. The maximum Gasteiger partial charge on any atom is 0.123 e. The summed E-state index contributed by atoms with van der Waals surface area (Å²) in [4.78, 5) is 2.69. The normalized spacial score (nSPS) is 17.9. The summed E-state index contributed by atoms with van der Waals surface area (Å²) >= 11 is 5.04. The average molecular weight is 308 g/mol. The monoisotopic (exact) mass is 308 g/mol. The van der Waals surface area contributed by atoms with Crippen molar-refractivity contribution in [2.45, 2.75) is 40.2 Å². The molecule has 0 amide bonds. The van der Waals surface area contributed by atoms with Crippen molar-refractivity contribution in [2.75, 3.05) is 13.1 Å². The molecular formula is C17H25FN2S. The number of likely N-dealkylation sites (tertiary alicyclic amines) is 1. The van der Waals surface area contributed by atoms with Gasteiger partial charge in [-0.25, -0.2) is 4.39 Å². The molecule has 1 aliphatic rings. The predicted molar refractivity (Wildman–Crippen MR) is 89.7 cm³/mol. The summed E-state index contributed by atoms with van der Waals surface area (Å²) in [6.07, 6.45) is 2.43. The van der Waals surface area contributed by atoms with Crippen molar-refractivity contribution in [2.24, 2.45) is 17.1 Å². The summed E-state index contributed by atoms with van der Waals surface area (Å²) in [5, 5.41) is 0. The Balaban J connectivity index is 2.03. The van der Waals surface area contributed by atoms with Crippen LogP contribution in [0.3, 0.4) is 0 Å². The van der Waals surface area contributed by atoms with E-state index in [9.17, 15) is 4.39 Å². The standard InChI is InChI=1S/C17H25FN2S/c1-17(2,3)13-6-8-20(9-7-13)11-12-4-5-14(18)10-15(12)16(19)21/h4-5,10,13H,6-9,11H2,1-3H3,(H2,19,21). The van der Waals surface area contributed by atoms with Crippen molar-refractivity contribution in [1.29, 1.82) is 0 Å². The Morgan fingerprint density at radius 2 is 1.95 bits per heavy atom. The van der Waals surface area contributed by atoms with Crippen LogP contribution in [0.5, 0.6) is 0 Å². The molecule has 21 heavy (non-hydrogen) atoms. The van der Waals surface area contributed by atoms with Crippen LogP contribution in [0.4, 0.5) is 4.39 Å². The largest absolute Gasteiger partial charge is 0.389 e. The van der Waals surface area contributed by atoms with Gasteiger partial charge in [0, 0.05) is 12.1 Å². The number of rotatable bonds is 3. The minimum Gasteiger partial charge on any atom is -0.389 e. The van der Waals surface area contributed by atoms with E-state index in [2.05, 4.69) is 25.7 Å². The van der Waals surface area contributed by atoms with Gasteiger partial charge in [0.2, 0.25) is 0 Å². The number of piperidine rings is 1. The smallest absolute Gasteiger partial charge is 0.123 e. The lowest BCUT2D eigenvalue weighted by Crippen LogP contribution is -2.37. The summed E-state index contributed by atoms with van der Waals surface area (Å²) in [5.74, 6) is 0.491. The maximum atomic E-state index is 13.3. The second kappa shape index (κ2) is 6.41. The lowest BCUT2D eigenvalue weighted by molar-refractivity contribution is 0.108. The highest BCUT2D eigenvalue weighted by molar-refractivity contribution is 7.80. The molecule has 0 saturated carbocycles. The Kier molecular flexibility index (Phi) is 4.99. The fourth-order valence-corrected chi connectivity index (χ4v) is 3.30. The number of hydrogen-bond acceptors (Lipinski definition) is 2. The summed E-state index contributed by atoms with van der Waals surface area (Å²) in [6.45, 7) is 9.91. The molecule has 0 aliphatic carbocycles. The van der Waals surface area contributed by atoms with E-state index in [1.54, 1.807) is 6.07 Å². The van der Waals surface area contributed by atoms with E-state index in [-0.39, 0.29) is 10.8 Å². The first-order valence-electron chi connectivity index (χ1n) is 7.58. The summed E-state index contributed by atoms with van der Waals surface area (Å²) < 4.78 is 13.3. The van der Waals surface area contributed by atoms with Gasteiger partial charge in [-0.2, -0.15) is 0 Å². The van der Waals surface area contributed by atoms with Crippen LogP contribution in [0, 0.1) is 17.2 Å². The van der Waals surface area contributed by atoms with Gasteiger partial charge in [-0.15, -0.1) is 0 Å². The number of hydrogen-bond donors (Lipinski definition) is 1. The molecule has 1 aromatic carbocycles. The average Bonchev–Trinajstić information content (AvgIpc) is 2.40. The molecule has 0 aromatic heterocycles. The van der Waals surface area contributed by atoms with Crippen molar-refractivity contribution in [3.63, 3.8) is 0 Å². The molecule has 0 spiro atoms. The molecule has 2 N–H and O–H groups in total. The van der Waals surface area contributed by atoms with E-state index in [0.29, 0.717) is 11.0 Å². The summed E-state index contributed by atoms with van der Waals surface area (Å²) in [5.41, 5.74) is 7.79. The molecule has 0 atom stereocenters. The van der Waals surface area contributed by atoms with Crippen LogP contribution in [0.1, 0.15) is 44.7 Å². The van der Waals surface area contributed by atoms with E-state index in [1.807, 2.05) is 0 Å². The minimum absolute atomic E-state index is 0.272. The van der Waals surface area contributed by atoms with Gasteiger partial charge in [0.15, 0.2) is 0 Å². The van der Waals surface area contributed by atoms with Crippen molar-refractivity contribution in [3.8, 4) is 0 Å². The number of benzene rings is 1. The molecule has 0 unspecified atom stereocenters. The molecule has 1 heterocycles. The lowest BCUT2D eigenvalue weighted by Gasteiger charge is -2.39. The Labute approximate surface area is 132 Å². The number of thiocarbonyl (C=S) groups is 1. The van der Waals surface area contributed by atoms with Gasteiger partial charge in [-0.05, 0) is 55.0 Å². The van der Waals surface area contributed by atoms with Crippen molar-refractivity contribution in [1.82, 2.24) is 4.90 Å². The zero-order valence-corrected chi connectivity index (χ0v) is 14.0. The van der Waals surface area contributed by atoms with Crippen molar-refractivity contribution < 1.29 is 4.39 Å². The molecular weight excluding hydrogens is 283 g/mol. The Morgan fingerprint density at radius 1 is 1.33 bits per heavy atom. The van der Waals surface area contributed by atoms with Crippen molar-refractivity contribution >= 4 is 17.2 Å². The molecule has 0 radical (unpaired) electrons. The lowest BCUT2D eigenvalue weighted by atomic mass is 9.75. The maximum absolute atomic E-state index is 13.3. The molecule has 2 rings (SSSR count). The molecule has 1 aromatic rings. The Morgan fingerprint density at radius 3 is 2.48 bits per heavy atom. The second-order valence-electron chi connectivity index (χ2n) is 7.08. The van der Waals surface area contributed by atoms with E-state index < -0.39 is 0 Å². The van der Waals surface area contributed by atoms with Crippen LogP contribution in [0.25, 0.3) is 0 Å². The first kappa shape index (κ1) is 16.4. The van der Waals surface area contributed by atoms with E-state index >= 15 is 0 Å². The first-order chi connectivity index (χ1) is 9.77. The highest BCUT2D eigenvalue weighted by atomic mass is 32.1. The van der Waals surface area contributed by atoms with Crippen LogP contribution in [0.2, 0.25) is 0 Å². The molecule has 1 fully saturated rings. The van der Waals surface area contributed by atoms with Gasteiger partial charge in [0.05, 0.1) is 0 Å². The van der Waals surface area contributed by atoms with E-state index in [0.717, 1.165) is 31.1 Å². The minimum atomic E-state index is -0.284. The van der Waals surface area contributed by atoms with Gasteiger partial charge >= 0.3 is 0 Å². The molecule has 1 saturated heterocycles. The van der Waals surface area contributed by atoms with Crippen molar-refractivity contribution in [3.05, 3.63) is 35.1 Å². The molecule has 2 nitrogen and oxygen atoms in total. The van der Waals surface area contributed by atoms with Gasteiger partial charge in [-0.3, -0.25) is 4.90 Å². The van der Waals surface area contributed by atoms with Crippen LogP contribution in [0.15, 0.2) is 18.2 Å². The SMILES string of the molecule is CC(C)(C)C1CCN(Cc2ccc(F)cc2C(N)=S)CC1. The van der Waals surface area contributed by atoms with Gasteiger partial charge in [0.1, 0.15) is 10.8 Å². The molecule has 116 valence electrons. The molecule has 1 aliphatic heterocycles. The third-order valence-corrected chi connectivity index (χ3v) is 4.76. The van der Waals surface area contributed by atoms with Gasteiger partial charge in [-0.1, -0.05) is 39.1 Å². The number of nitrogens with zero attached hydrogens (tertiary/aromatic N) is 1. The van der Waals surface area contributed by atoms with Crippen LogP contribution in [-0.2, 0) is 6.54 Å². The van der Waals surface area contributed by atoms with Crippen LogP contribution in [-0.4, -0.2) is 23.0 Å². The number of nitrogens with two attached hydrogens (primary N) is 1. The quantitative estimate of drug-likeness (QED) is 0.863. The fraction of sp³-hybridized carbons (Fsp3) is 0.588. The summed E-state index contributed by atoms with van der Waals surface area (Å²) in [6, 6.07) is 4.73. The summed E-state index contributed by atoms with van der Waals surface area (Å²) in [7, 11) is 0. The third-order valence-electron chi connectivity index (χ3n) is 4.54. The molecule has 0 bridgehead atoms. The third kappa shape index (κ3) is 4.24. The highest BCUT2D eigenvalue weighted by Crippen LogP contribution is 2.34. The van der Waals surface area contributed by atoms with Crippen LogP contribution < -0.4 is 5.73 Å². The van der Waals surface area contributed by atoms with Crippen LogP contribution >= 0.6 is 12.2 Å². The second-order valence-corrected chi connectivity index (χ2v) is 7.52. The van der Waals surface area contributed by atoms with Gasteiger partial charge < -0.3 is 5.73 Å². The zero-order valence-electron chi connectivity index (χ0n) is 13.2. The van der Waals surface area contributed by atoms with Gasteiger partial charge in [0.25, 0.3) is 0 Å². The zero-order chi connectivity index (χ0) is 15.6. The first-order valence-corrected chi connectivity index (χ1v) is 7.99. The molecule has 4 heteroatoms. The Hall–Kier alpha value is -1.00. The van der Waals surface area contributed by atoms with E-state index in [4.69, 9.17) is 18.0 Å².